The molecule has 0 spiro atoms. The minimum absolute atomic E-state index is 1.10. The highest BCUT2D eigenvalue weighted by molar-refractivity contribution is 14.1. The summed E-state index contributed by atoms with van der Waals surface area (Å²) in [6.45, 7) is 2.70. The molecule has 8 heavy (non-hydrogen) atoms. The lowest BCUT2D eigenvalue weighted by Crippen LogP contribution is -2.21. The minimum atomic E-state index is 1.10. The van der Waals surface area contributed by atoms with Crippen LogP contribution in [0, 0.1) is 11.8 Å². The smallest absolute Gasteiger partial charge is 0.0201 e. The van der Waals surface area contributed by atoms with Crippen LogP contribution in [0.2, 0.25) is 0 Å². The van der Waals surface area contributed by atoms with Gasteiger partial charge in [0.2, 0.25) is 0 Å². The van der Waals surface area contributed by atoms with Crippen LogP contribution in [0.25, 0.3) is 0 Å². The van der Waals surface area contributed by atoms with E-state index in [2.05, 4.69) is 26.0 Å². The standard InChI is InChI=1S/C6H10IN/c7-8-2-1-5-3-6(5)4-8/h5-6H,1-4H2. The van der Waals surface area contributed by atoms with E-state index in [9.17, 15) is 0 Å². The number of fused-ring (bicyclic) bond motifs is 1. The van der Waals surface area contributed by atoms with Crippen molar-refractivity contribution in [2.45, 2.75) is 12.8 Å². The Kier molecular flexibility index (Phi) is 1.26. The molecule has 46 valence electrons. The molecule has 0 amide bonds. The van der Waals surface area contributed by atoms with Crippen molar-refractivity contribution in [1.82, 2.24) is 3.11 Å². The van der Waals surface area contributed by atoms with Crippen LogP contribution in [0.5, 0.6) is 0 Å². The van der Waals surface area contributed by atoms with E-state index in [0.29, 0.717) is 0 Å². The Hall–Kier alpha value is 0.690. The third kappa shape index (κ3) is 0.880. The maximum absolute atomic E-state index is 2.43. The van der Waals surface area contributed by atoms with Crippen molar-refractivity contribution in [2.24, 2.45) is 11.8 Å². The molecule has 1 aliphatic heterocycles. The number of rotatable bonds is 0. The van der Waals surface area contributed by atoms with Gasteiger partial charge in [0.1, 0.15) is 0 Å². The second-order valence-electron chi connectivity index (χ2n) is 2.91. The number of hydrogen-bond acceptors (Lipinski definition) is 1. The van der Waals surface area contributed by atoms with Crippen molar-refractivity contribution in [3.05, 3.63) is 0 Å². The molecule has 1 heterocycles. The molecule has 1 nitrogen and oxygen atoms in total. The van der Waals surface area contributed by atoms with Gasteiger partial charge in [0.15, 0.2) is 0 Å². The largest absolute Gasteiger partial charge is 0.247 e. The Bertz CT molecular complexity index is 105. The summed E-state index contributed by atoms with van der Waals surface area (Å²) in [4.78, 5) is 0. The summed E-state index contributed by atoms with van der Waals surface area (Å²) in [5.41, 5.74) is 0. The molecular weight excluding hydrogens is 213 g/mol. The molecule has 0 N–H and O–H groups in total. The van der Waals surface area contributed by atoms with Gasteiger partial charge in [-0.3, -0.25) is 0 Å². The molecule has 0 aromatic rings. The van der Waals surface area contributed by atoms with Crippen LogP contribution in [0.1, 0.15) is 12.8 Å². The van der Waals surface area contributed by atoms with Crippen molar-refractivity contribution in [2.75, 3.05) is 13.1 Å². The van der Waals surface area contributed by atoms with E-state index in [-0.39, 0.29) is 0 Å². The third-order valence-electron chi connectivity index (χ3n) is 2.24. The highest BCUT2D eigenvalue weighted by Crippen LogP contribution is 2.45. The molecule has 2 heteroatoms. The van der Waals surface area contributed by atoms with Crippen molar-refractivity contribution in [3.8, 4) is 0 Å². The second kappa shape index (κ2) is 1.84. The Balaban J connectivity index is 1.93. The summed E-state index contributed by atoms with van der Waals surface area (Å²) in [6, 6.07) is 0. The summed E-state index contributed by atoms with van der Waals surface area (Å²) < 4.78 is 2.42. The average molecular weight is 223 g/mol. The van der Waals surface area contributed by atoms with Crippen molar-refractivity contribution < 1.29 is 0 Å². The Morgan fingerprint density at radius 1 is 1.38 bits per heavy atom. The van der Waals surface area contributed by atoms with Gasteiger partial charge >= 0.3 is 0 Å². The van der Waals surface area contributed by atoms with Crippen LogP contribution in [-0.2, 0) is 0 Å². The molecule has 0 aromatic heterocycles. The molecule has 0 aromatic carbocycles. The Morgan fingerprint density at radius 2 is 2.25 bits per heavy atom. The van der Waals surface area contributed by atoms with Gasteiger partial charge in [-0.15, -0.1) is 0 Å². The molecule has 1 aliphatic carbocycles. The normalized spacial score (nSPS) is 46.1. The molecule has 2 unspecified atom stereocenters. The Labute approximate surface area is 63.9 Å². The van der Waals surface area contributed by atoms with Gasteiger partial charge in [0.05, 0.1) is 0 Å². The first-order valence-corrected chi connectivity index (χ1v) is 4.23. The summed E-state index contributed by atoms with van der Waals surface area (Å²) in [5.74, 6) is 2.24. The van der Waals surface area contributed by atoms with E-state index >= 15 is 0 Å². The van der Waals surface area contributed by atoms with Crippen LogP contribution in [0.3, 0.4) is 0 Å². The molecule has 2 aliphatic rings. The second-order valence-corrected chi connectivity index (χ2v) is 4.28. The maximum Gasteiger partial charge on any atom is 0.0201 e. The van der Waals surface area contributed by atoms with Crippen LogP contribution in [0.15, 0.2) is 0 Å². The molecule has 1 saturated heterocycles. The molecule has 0 radical (unpaired) electrons. The third-order valence-corrected chi connectivity index (χ3v) is 3.12. The van der Waals surface area contributed by atoms with E-state index in [0.717, 1.165) is 11.8 Å². The molecule has 2 atom stereocenters. The van der Waals surface area contributed by atoms with Gasteiger partial charge in [-0.25, -0.2) is 3.11 Å². The highest BCUT2D eigenvalue weighted by atomic mass is 127. The molecule has 1 saturated carbocycles. The first kappa shape index (κ1) is 5.47. The van der Waals surface area contributed by atoms with Gasteiger partial charge < -0.3 is 0 Å². The van der Waals surface area contributed by atoms with Gasteiger partial charge in [0.25, 0.3) is 0 Å². The highest BCUT2D eigenvalue weighted by Gasteiger charge is 2.40. The van der Waals surface area contributed by atoms with Crippen molar-refractivity contribution in [1.29, 1.82) is 0 Å². The zero-order valence-corrected chi connectivity index (χ0v) is 6.97. The van der Waals surface area contributed by atoms with Gasteiger partial charge in [-0.2, -0.15) is 0 Å². The van der Waals surface area contributed by atoms with E-state index in [1.807, 2.05) is 0 Å². The summed E-state index contributed by atoms with van der Waals surface area (Å²) in [7, 11) is 0. The number of nitrogens with zero attached hydrogens (tertiary/aromatic N) is 1. The summed E-state index contributed by atoms with van der Waals surface area (Å²) >= 11 is 2.43. The fourth-order valence-electron chi connectivity index (χ4n) is 1.54. The van der Waals surface area contributed by atoms with Crippen LogP contribution in [-0.4, -0.2) is 16.2 Å². The zero-order valence-electron chi connectivity index (χ0n) is 4.81. The predicted octanol–water partition coefficient (Wildman–Crippen LogP) is 1.68. The minimum Gasteiger partial charge on any atom is -0.247 e. The van der Waals surface area contributed by atoms with E-state index in [1.54, 1.807) is 0 Å². The van der Waals surface area contributed by atoms with Gasteiger partial charge in [-0.1, -0.05) is 0 Å². The summed E-state index contributed by atoms with van der Waals surface area (Å²) in [5, 5.41) is 0. The average Bonchev–Trinajstić information content (AvgIpc) is 2.43. The van der Waals surface area contributed by atoms with E-state index in [4.69, 9.17) is 0 Å². The number of piperidine rings is 1. The van der Waals surface area contributed by atoms with E-state index in [1.165, 1.54) is 25.9 Å². The lowest BCUT2D eigenvalue weighted by Gasteiger charge is -2.17. The van der Waals surface area contributed by atoms with Crippen LogP contribution >= 0.6 is 22.9 Å². The number of halogens is 1. The van der Waals surface area contributed by atoms with Crippen molar-refractivity contribution in [3.63, 3.8) is 0 Å². The first-order valence-electron chi connectivity index (χ1n) is 3.27. The molecule has 0 bridgehead atoms. The van der Waals surface area contributed by atoms with Gasteiger partial charge in [0, 0.05) is 36.0 Å². The monoisotopic (exact) mass is 223 g/mol. The van der Waals surface area contributed by atoms with Crippen LogP contribution in [0.4, 0.5) is 0 Å². The molecule has 2 fully saturated rings. The quantitative estimate of drug-likeness (QED) is 0.446. The van der Waals surface area contributed by atoms with E-state index < -0.39 is 0 Å². The Morgan fingerprint density at radius 3 is 2.88 bits per heavy atom. The fraction of sp³-hybridized carbons (Fsp3) is 1.00. The first-order chi connectivity index (χ1) is 3.86. The summed E-state index contributed by atoms with van der Waals surface area (Å²) in [6.07, 6.45) is 2.99. The SMILES string of the molecule is IN1CCC2CC2C1. The van der Waals surface area contributed by atoms with Gasteiger partial charge in [-0.05, 0) is 24.7 Å². The lowest BCUT2D eigenvalue weighted by atomic mass is 10.2. The molecular formula is C6H10IN. The number of hydrogen-bond donors (Lipinski definition) is 0. The predicted molar refractivity (Wildman–Crippen MR) is 41.8 cm³/mol. The fourth-order valence-corrected chi connectivity index (χ4v) is 2.32. The van der Waals surface area contributed by atoms with Crippen molar-refractivity contribution >= 4 is 22.9 Å². The maximum atomic E-state index is 2.43. The zero-order chi connectivity index (χ0) is 5.56. The molecule has 2 rings (SSSR count). The van der Waals surface area contributed by atoms with Crippen LogP contribution < -0.4 is 0 Å². The topological polar surface area (TPSA) is 3.24 Å². The lowest BCUT2D eigenvalue weighted by molar-refractivity contribution is 0.390.